The van der Waals surface area contributed by atoms with Gasteiger partial charge in [-0.3, -0.25) is 0 Å². The van der Waals surface area contributed by atoms with Crippen molar-refractivity contribution in [1.29, 1.82) is 0 Å². The van der Waals surface area contributed by atoms with E-state index in [1.807, 2.05) is 18.2 Å². The van der Waals surface area contributed by atoms with Crippen molar-refractivity contribution in [1.82, 2.24) is 5.32 Å². The minimum atomic E-state index is 0.742. The Morgan fingerprint density at radius 2 is 2.12 bits per heavy atom. The van der Waals surface area contributed by atoms with Crippen LogP contribution in [0, 0.1) is 0 Å². The van der Waals surface area contributed by atoms with Gasteiger partial charge in [0.25, 0.3) is 0 Å². The molecular formula is C14H19NO2. The second-order valence-corrected chi connectivity index (χ2v) is 4.19. The Morgan fingerprint density at radius 3 is 2.76 bits per heavy atom. The van der Waals surface area contributed by atoms with Crippen molar-refractivity contribution in [2.45, 2.75) is 18.9 Å². The second-order valence-electron chi connectivity index (χ2n) is 4.19. The molecule has 3 nitrogen and oxygen atoms in total. The molecule has 3 heteroatoms. The molecule has 1 aliphatic carbocycles. The second kappa shape index (κ2) is 5.73. The Hall–Kier alpha value is -1.48. The van der Waals surface area contributed by atoms with Gasteiger partial charge in [0.05, 0.1) is 14.2 Å². The molecule has 1 aromatic carbocycles. The zero-order valence-electron chi connectivity index (χ0n) is 10.4. The number of benzene rings is 1. The molecule has 1 fully saturated rings. The Kier molecular flexibility index (Phi) is 4.04. The summed E-state index contributed by atoms with van der Waals surface area (Å²) < 4.78 is 10.5. The number of ether oxygens (including phenoxy) is 2. The summed E-state index contributed by atoms with van der Waals surface area (Å²) in [6.07, 6.45) is 6.82. The maximum absolute atomic E-state index is 5.31. The fraction of sp³-hybridized carbons (Fsp3) is 0.429. The molecule has 1 aromatic rings. The van der Waals surface area contributed by atoms with Crippen LogP contribution >= 0.6 is 0 Å². The van der Waals surface area contributed by atoms with Crippen LogP contribution < -0.4 is 14.8 Å². The van der Waals surface area contributed by atoms with Crippen LogP contribution in [0.15, 0.2) is 24.3 Å². The SMILES string of the molecule is COc1ccc(OC)c(C=CCNC2CC2)c1. The molecule has 0 aromatic heterocycles. The third kappa shape index (κ3) is 3.49. The van der Waals surface area contributed by atoms with Gasteiger partial charge in [0, 0.05) is 18.2 Å². The van der Waals surface area contributed by atoms with Crippen LogP contribution in [-0.2, 0) is 0 Å². The Labute approximate surface area is 102 Å². The number of hydrogen-bond acceptors (Lipinski definition) is 3. The highest BCUT2D eigenvalue weighted by Crippen LogP contribution is 2.25. The fourth-order valence-corrected chi connectivity index (χ4v) is 1.68. The lowest BCUT2D eigenvalue weighted by molar-refractivity contribution is 0.402. The van der Waals surface area contributed by atoms with Crippen molar-refractivity contribution in [2.75, 3.05) is 20.8 Å². The van der Waals surface area contributed by atoms with Gasteiger partial charge in [0.15, 0.2) is 0 Å². The van der Waals surface area contributed by atoms with Gasteiger partial charge in [-0.05, 0) is 31.0 Å². The molecule has 1 N–H and O–H groups in total. The Balaban J connectivity index is 2.00. The summed E-state index contributed by atoms with van der Waals surface area (Å²) in [5, 5.41) is 3.43. The summed E-state index contributed by atoms with van der Waals surface area (Å²) in [6, 6.07) is 6.55. The minimum absolute atomic E-state index is 0.742. The molecule has 0 spiro atoms. The van der Waals surface area contributed by atoms with Crippen molar-refractivity contribution < 1.29 is 9.47 Å². The number of rotatable bonds is 6. The monoisotopic (exact) mass is 233 g/mol. The van der Waals surface area contributed by atoms with E-state index >= 15 is 0 Å². The third-order valence-electron chi connectivity index (χ3n) is 2.84. The van der Waals surface area contributed by atoms with E-state index in [9.17, 15) is 0 Å². The molecule has 0 amide bonds. The highest BCUT2D eigenvalue weighted by Gasteiger charge is 2.18. The molecule has 17 heavy (non-hydrogen) atoms. The molecule has 0 saturated heterocycles. The molecule has 92 valence electrons. The van der Waals surface area contributed by atoms with Crippen LogP contribution in [0.4, 0.5) is 0 Å². The van der Waals surface area contributed by atoms with Crippen molar-refractivity contribution >= 4 is 6.08 Å². The largest absolute Gasteiger partial charge is 0.497 e. The molecule has 0 heterocycles. The number of hydrogen-bond donors (Lipinski definition) is 1. The molecule has 1 aliphatic rings. The predicted octanol–water partition coefficient (Wildman–Crippen LogP) is 2.47. The third-order valence-corrected chi connectivity index (χ3v) is 2.84. The van der Waals surface area contributed by atoms with Gasteiger partial charge in [-0.25, -0.2) is 0 Å². The van der Waals surface area contributed by atoms with E-state index in [0.717, 1.165) is 29.6 Å². The topological polar surface area (TPSA) is 30.5 Å². The Morgan fingerprint density at radius 1 is 1.29 bits per heavy atom. The first-order valence-corrected chi connectivity index (χ1v) is 5.95. The molecule has 0 unspecified atom stereocenters. The molecular weight excluding hydrogens is 214 g/mol. The average Bonchev–Trinajstić information content (AvgIpc) is 3.18. The zero-order chi connectivity index (χ0) is 12.1. The fourth-order valence-electron chi connectivity index (χ4n) is 1.68. The van der Waals surface area contributed by atoms with E-state index in [1.54, 1.807) is 14.2 Å². The first-order chi connectivity index (χ1) is 8.33. The maximum atomic E-state index is 5.31. The van der Waals surface area contributed by atoms with Crippen molar-refractivity contribution in [3.63, 3.8) is 0 Å². The quantitative estimate of drug-likeness (QED) is 0.818. The summed E-state index contributed by atoms with van der Waals surface area (Å²) >= 11 is 0. The Bertz CT molecular complexity index is 397. The minimum Gasteiger partial charge on any atom is -0.497 e. The normalized spacial score (nSPS) is 15.2. The predicted molar refractivity (Wildman–Crippen MR) is 69.6 cm³/mol. The first-order valence-electron chi connectivity index (χ1n) is 5.95. The van der Waals surface area contributed by atoms with Crippen LogP contribution in [0.5, 0.6) is 11.5 Å². The van der Waals surface area contributed by atoms with Gasteiger partial charge in [-0.15, -0.1) is 0 Å². The summed E-state index contributed by atoms with van der Waals surface area (Å²) in [5.74, 6) is 1.72. The molecule has 2 rings (SSSR count). The summed E-state index contributed by atoms with van der Waals surface area (Å²) in [4.78, 5) is 0. The van der Waals surface area contributed by atoms with Crippen molar-refractivity contribution in [3.05, 3.63) is 29.8 Å². The number of methoxy groups -OCH3 is 2. The van der Waals surface area contributed by atoms with Crippen LogP contribution in [-0.4, -0.2) is 26.8 Å². The van der Waals surface area contributed by atoms with E-state index in [1.165, 1.54) is 12.8 Å². The molecule has 0 radical (unpaired) electrons. The maximum Gasteiger partial charge on any atom is 0.126 e. The van der Waals surface area contributed by atoms with E-state index in [0.29, 0.717) is 0 Å². The van der Waals surface area contributed by atoms with Gasteiger partial charge in [-0.2, -0.15) is 0 Å². The highest BCUT2D eigenvalue weighted by molar-refractivity contribution is 5.59. The average molecular weight is 233 g/mol. The van der Waals surface area contributed by atoms with E-state index in [-0.39, 0.29) is 0 Å². The first kappa shape index (κ1) is 12.0. The smallest absolute Gasteiger partial charge is 0.126 e. The van der Waals surface area contributed by atoms with Gasteiger partial charge in [-0.1, -0.05) is 12.2 Å². The lowest BCUT2D eigenvalue weighted by Crippen LogP contribution is -2.15. The number of nitrogens with one attached hydrogen (secondary N) is 1. The van der Waals surface area contributed by atoms with Crippen molar-refractivity contribution in [3.8, 4) is 11.5 Å². The molecule has 0 aliphatic heterocycles. The standard InChI is InChI=1S/C14H19NO2/c1-16-13-7-8-14(17-2)11(10-13)4-3-9-15-12-5-6-12/h3-4,7-8,10,12,15H,5-6,9H2,1-2H3. The van der Waals surface area contributed by atoms with Gasteiger partial charge >= 0.3 is 0 Å². The molecule has 1 saturated carbocycles. The summed E-state index contributed by atoms with van der Waals surface area (Å²) in [5.41, 5.74) is 1.05. The van der Waals surface area contributed by atoms with Crippen molar-refractivity contribution in [2.24, 2.45) is 0 Å². The van der Waals surface area contributed by atoms with E-state index < -0.39 is 0 Å². The van der Waals surface area contributed by atoms with E-state index in [4.69, 9.17) is 9.47 Å². The summed E-state index contributed by atoms with van der Waals surface area (Å²) in [7, 11) is 3.35. The highest BCUT2D eigenvalue weighted by atomic mass is 16.5. The van der Waals surface area contributed by atoms with Gasteiger partial charge in [0.1, 0.15) is 11.5 Å². The zero-order valence-corrected chi connectivity index (χ0v) is 10.4. The lowest BCUT2D eigenvalue weighted by atomic mass is 10.1. The molecule has 0 bridgehead atoms. The van der Waals surface area contributed by atoms with Gasteiger partial charge in [0.2, 0.25) is 0 Å². The van der Waals surface area contributed by atoms with Crippen LogP contribution in [0.1, 0.15) is 18.4 Å². The van der Waals surface area contributed by atoms with Gasteiger partial charge < -0.3 is 14.8 Å². The van der Waals surface area contributed by atoms with Crippen LogP contribution in [0.2, 0.25) is 0 Å². The summed E-state index contributed by atoms with van der Waals surface area (Å²) in [6.45, 7) is 0.908. The van der Waals surface area contributed by atoms with Crippen LogP contribution in [0.3, 0.4) is 0 Å². The van der Waals surface area contributed by atoms with Crippen LogP contribution in [0.25, 0.3) is 6.08 Å². The lowest BCUT2D eigenvalue weighted by Gasteiger charge is -2.07. The molecule has 0 atom stereocenters. The van der Waals surface area contributed by atoms with E-state index in [2.05, 4.69) is 17.5 Å².